The number of halogens is 1. The quantitative estimate of drug-likeness (QED) is 0.640. The molecule has 0 aliphatic rings. The first kappa shape index (κ1) is 16.1. The van der Waals surface area contributed by atoms with Crippen LogP contribution in [0.15, 0.2) is 16.6 Å². The van der Waals surface area contributed by atoms with Gasteiger partial charge in [0.15, 0.2) is 0 Å². The third-order valence-corrected chi connectivity index (χ3v) is 3.88. The van der Waals surface area contributed by atoms with E-state index in [1.807, 2.05) is 33.8 Å². The van der Waals surface area contributed by atoms with Gasteiger partial charge in [0.25, 0.3) is 0 Å². The average Bonchev–Trinajstić information content (AvgIpc) is 2.31. The Labute approximate surface area is 127 Å². The molecule has 1 aromatic rings. The third kappa shape index (κ3) is 4.01. The van der Waals surface area contributed by atoms with Crippen molar-refractivity contribution < 1.29 is 9.53 Å². The molecule has 19 heavy (non-hydrogen) atoms. The van der Waals surface area contributed by atoms with Crippen molar-refractivity contribution in [2.45, 2.75) is 27.7 Å². The number of ether oxygens (including phenoxy) is 1. The summed E-state index contributed by atoms with van der Waals surface area (Å²) in [5, 5.41) is 3.20. The molecule has 5 heteroatoms. The summed E-state index contributed by atoms with van der Waals surface area (Å²) in [6.07, 6.45) is 0. The maximum Gasteiger partial charge on any atom is 0.338 e. The van der Waals surface area contributed by atoms with E-state index < -0.39 is 0 Å². The summed E-state index contributed by atoms with van der Waals surface area (Å²) in [7, 11) is 1.37. The first-order valence-electron chi connectivity index (χ1n) is 5.86. The van der Waals surface area contributed by atoms with Gasteiger partial charge in [0.1, 0.15) is 0 Å². The molecule has 0 aliphatic carbocycles. The third-order valence-electron chi connectivity index (χ3n) is 2.71. The zero-order valence-electron chi connectivity index (χ0n) is 11.8. The smallest absolute Gasteiger partial charge is 0.338 e. The van der Waals surface area contributed by atoms with Crippen molar-refractivity contribution in [3.8, 4) is 0 Å². The SMILES string of the molecule is COC(=O)c1cc(Br)cc(NC(=S)C(C)(C)C)c1C. The molecule has 1 N–H and O–H groups in total. The van der Waals surface area contributed by atoms with E-state index in [-0.39, 0.29) is 11.4 Å². The van der Waals surface area contributed by atoms with Crippen molar-refractivity contribution in [1.82, 2.24) is 0 Å². The molecule has 0 radical (unpaired) electrons. The standard InChI is InChI=1S/C14H18BrNO2S/c1-8-10(12(17)18-5)6-9(15)7-11(8)16-13(19)14(2,3)4/h6-7H,1-5H3,(H,16,19). The highest BCUT2D eigenvalue weighted by molar-refractivity contribution is 9.10. The average molecular weight is 344 g/mol. The Kier molecular flexibility index (Phi) is 5.10. The number of benzene rings is 1. The largest absolute Gasteiger partial charge is 0.465 e. The normalized spacial score (nSPS) is 11.1. The lowest BCUT2D eigenvalue weighted by molar-refractivity contribution is 0.0600. The molecule has 1 rings (SSSR count). The Morgan fingerprint density at radius 2 is 1.95 bits per heavy atom. The summed E-state index contributed by atoms with van der Waals surface area (Å²) in [4.78, 5) is 12.4. The van der Waals surface area contributed by atoms with Gasteiger partial charge in [0, 0.05) is 15.6 Å². The highest BCUT2D eigenvalue weighted by Gasteiger charge is 2.20. The van der Waals surface area contributed by atoms with E-state index in [2.05, 4.69) is 21.2 Å². The van der Waals surface area contributed by atoms with Crippen LogP contribution in [-0.4, -0.2) is 18.1 Å². The molecule has 0 saturated carbocycles. The summed E-state index contributed by atoms with van der Waals surface area (Å²) in [6.45, 7) is 7.98. The van der Waals surface area contributed by atoms with Gasteiger partial charge in [0.05, 0.1) is 17.7 Å². The summed E-state index contributed by atoms with van der Waals surface area (Å²) in [5.74, 6) is -0.358. The predicted octanol–water partition coefficient (Wildman–Crippen LogP) is 4.33. The molecule has 0 heterocycles. The van der Waals surface area contributed by atoms with Crippen LogP contribution in [0.25, 0.3) is 0 Å². The topological polar surface area (TPSA) is 38.3 Å². The van der Waals surface area contributed by atoms with E-state index in [4.69, 9.17) is 17.0 Å². The number of nitrogens with one attached hydrogen (secondary N) is 1. The molecule has 0 spiro atoms. The van der Waals surface area contributed by atoms with Crippen LogP contribution >= 0.6 is 28.1 Å². The molecule has 104 valence electrons. The van der Waals surface area contributed by atoms with Gasteiger partial charge in [0.2, 0.25) is 0 Å². The zero-order chi connectivity index (χ0) is 14.8. The van der Waals surface area contributed by atoms with Crippen molar-refractivity contribution in [3.63, 3.8) is 0 Å². The van der Waals surface area contributed by atoms with Gasteiger partial charge in [-0.05, 0) is 24.6 Å². The van der Waals surface area contributed by atoms with Gasteiger partial charge >= 0.3 is 5.97 Å². The number of carbonyl (C=O) groups excluding carboxylic acids is 1. The molecule has 0 aliphatic heterocycles. The van der Waals surface area contributed by atoms with Gasteiger partial charge in [-0.3, -0.25) is 0 Å². The predicted molar refractivity (Wildman–Crippen MR) is 85.9 cm³/mol. The maximum atomic E-state index is 11.7. The van der Waals surface area contributed by atoms with Crippen LogP contribution in [0.1, 0.15) is 36.7 Å². The minimum Gasteiger partial charge on any atom is -0.465 e. The van der Waals surface area contributed by atoms with Crippen LogP contribution in [0.3, 0.4) is 0 Å². The summed E-state index contributed by atoms with van der Waals surface area (Å²) in [6, 6.07) is 3.65. The molecule has 0 aromatic heterocycles. The van der Waals surface area contributed by atoms with Crippen LogP contribution < -0.4 is 5.32 Å². The monoisotopic (exact) mass is 343 g/mol. The van der Waals surface area contributed by atoms with E-state index in [1.54, 1.807) is 6.07 Å². The summed E-state index contributed by atoms with van der Waals surface area (Å²) in [5.41, 5.74) is 2.03. The number of rotatable bonds is 2. The zero-order valence-corrected chi connectivity index (χ0v) is 14.2. The van der Waals surface area contributed by atoms with Gasteiger partial charge < -0.3 is 10.1 Å². The Morgan fingerprint density at radius 1 is 1.37 bits per heavy atom. The van der Waals surface area contributed by atoms with Crippen LogP contribution in [0.4, 0.5) is 5.69 Å². The molecular weight excluding hydrogens is 326 g/mol. The number of carbonyl (C=O) groups is 1. The number of hydrogen-bond donors (Lipinski definition) is 1. The summed E-state index contributed by atoms with van der Waals surface area (Å²) < 4.78 is 5.58. The highest BCUT2D eigenvalue weighted by Crippen LogP contribution is 2.28. The minimum absolute atomic E-state index is 0.129. The Balaban J connectivity index is 3.19. The summed E-state index contributed by atoms with van der Waals surface area (Å²) >= 11 is 8.77. The van der Waals surface area contributed by atoms with Crippen molar-refractivity contribution in [2.24, 2.45) is 5.41 Å². The van der Waals surface area contributed by atoms with Gasteiger partial charge in [-0.15, -0.1) is 0 Å². The second-order valence-corrected chi connectivity index (χ2v) is 6.65. The highest BCUT2D eigenvalue weighted by atomic mass is 79.9. The van der Waals surface area contributed by atoms with E-state index in [9.17, 15) is 4.79 Å². The molecule has 0 saturated heterocycles. The molecule has 1 aromatic carbocycles. The first-order chi connectivity index (χ1) is 8.66. The molecular formula is C14H18BrNO2S. The fourth-order valence-corrected chi connectivity index (χ4v) is 2.01. The molecule has 0 amide bonds. The second kappa shape index (κ2) is 6.01. The van der Waals surface area contributed by atoms with E-state index in [0.29, 0.717) is 5.56 Å². The fourth-order valence-electron chi connectivity index (χ4n) is 1.44. The Hall–Kier alpha value is -0.940. The second-order valence-electron chi connectivity index (χ2n) is 5.32. The van der Waals surface area contributed by atoms with Crippen LogP contribution in [0.2, 0.25) is 0 Å². The molecule has 3 nitrogen and oxygen atoms in total. The van der Waals surface area contributed by atoms with E-state index >= 15 is 0 Å². The van der Waals surface area contributed by atoms with Gasteiger partial charge in [-0.2, -0.15) is 0 Å². The molecule has 0 fully saturated rings. The first-order valence-corrected chi connectivity index (χ1v) is 7.07. The molecule has 0 bridgehead atoms. The molecule has 0 unspecified atom stereocenters. The van der Waals surface area contributed by atoms with Crippen molar-refractivity contribution >= 4 is 44.8 Å². The lowest BCUT2D eigenvalue weighted by Crippen LogP contribution is -2.26. The molecule has 0 atom stereocenters. The van der Waals surface area contributed by atoms with E-state index in [0.717, 1.165) is 20.7 Å². The lowest BCUT2D eigenvalue weighted by atomic mass is 9.96. The van der Waals surface area contributed by atoms with Gasteiger partial charge in [-0.1, -0.05) is 48.9 Å². The number of esters is 1. The van der Waals surface area contributed by atoms with Gasteiger partial charge in [-0.25, -0.2) is 4.79 Å². The number of thiocarbonyl (C=S) groups is 1. The van der Waals surface area contributed by atoms with Crippen LogP contribution in [0, 0.1) is 12.3 Å². The Bertz CT molecular complexity index is 521. The number of anilines is 1. The van der Waals surface area contributed by atoms with Crippen LogP contribution in [-0.2, 0) is 4.74 Å². The maximum absolute atomic E-state index is 11.7. The minimum atomic E-state index is -0.358. The number of methoxy groups -OCH3 is 1. The van der Waals surface area contributed by atoms with Crippen molar-refractivity contribution in [2.75, 3.05) is 12.4 Å². The Morgan fingerprint density at radius 3 is 2.42 bits per heavy atom. The fraction of sp³-hybridized carbons (Fsp3) is 0.429. The number of hydrogen-bond acceptors (Lipinski definition) is 3. The van der Waals surface area contributed by atoms with Crippen molar-refractivity contribution in [3.05, 3.63) is 27.7 Å². The van der Waals surface area contributed by atoms with Crippen LogP contribution in [0.5, 0.6) is 0 Å². The lowest BCUT2D eigenvalue weighted by Gasteiger charge is -2.23. The van der Waals surface area contributed by atoms with E-state index in [1.165, 1.54) is 7.11 Å². The van der Waals surface area contributed by atoms with Crippen molar-refractivity contribution in [1.29, 1.82) is 0 Å².